The Labute approximate surface area is 72.8 Å². The number of phenols is 1. The van der Waals surface area contributed by atoms with Crippen LogP contribution >= 0.6 is 0 Å². The molecule has 0 radical (unpaired) electrons. The summed E-state index contributed by atoms with van der Waals surface area (Å²) in [5.74, 6) is -0.110. The summed E-state index contributed by atoms with van der Waals surface area (Å²) in [5, 5.41) is 20.2. The molecule has 1 heterocycles. The van der Waals surface area contributed by atoms with Gasteiger partial charge in [0.05, 0.1) is 21.9 Å². The van der Waals surface area contributed by atoms with Crippen molar-refractivity contribution in [1.82, 2.24) is 4.98 Å². The van der Waals surface area contributed by atoms with Crippen LogP contribution in [-0.4, -0.2) is 15.0 Å². The van der Waals surface area contributed by atoms with E-state index in [1.165, 1.54) is 6.07 Å². The lowest BCUT2D eigenvalue weighted by Gasteiger charge is -1.95. The molecule has 0 aliphatic carbocycles. The first-order chi connectivity index (χ1) is 6.18. The first kappa shape index (κ1) is 7.60. The smallest absolute Gasteiger partial charge is 0.282 e. The van der Waals surface area contributed by atoms with E-state index in [1.54, 1.807) is 12.3 Å². The Morgan fingerprint density at radius 2 is 2.23 bits per heavy atom. The minimum Gasteiger partial charge on any atom is -0.508 e. The number of rotatable bonds is 1. The van der Waals surface area contributed by atoms with Crippen molar-refractivity contribution < 1.29 is 10.0 Å². The quantitative estimate of drug-likeness (QED) is 0.516. The Morgan fingerprint density at radius 1 is 1.46 bits per heavy atom. The maximum atomic E-state index is 10.5. The monoisotopic (exact) mass is 178 g/mol. The first-order valence-electron chi connectivity index (χ1n) is 3.63. The summed E-state index contributed by atoms with van der Waals surface area (Å²) in [5.41, 5.74) is 0.475. The highest BCUT2D eigenvalue weighted by Crippen LogP contribution is 2.29. The van der Waals surface area contributed by atoms with Crippen LogP contribution in [0, 0.1) is 10.1 Å². The largest absolute Gasteiger partial charge is 0.508 e. The first-order valence-corrected chi connectivity index (χ1v) is 3.63. The third-order valence-corrected chi connectivity index (χ3v) is 1.83. The highest BCUT2D eigenvalue weighted by molar-refractivity contribution is 5.89. The van der Waals surface area contributed by atoms with E-state index >= 15 is 0 Å². The van der Waals surface area contributed by atoms with E-state index in [0.717, 1.165) is 6.07 Å². The van der Waals surface area contributed by atoms with Crippen LogP contribution in [0.15, 0.2) is 24.4 Å². The molecule has 1 aromatic carbocycles. The zero-order chi connectivity index (χ0) is 9.42. The molecule has 5 nitrogen and oxygen atoms in total. The Hall–Kier alpha value is -2.04. The van der Waals surface area contributed by atoms with Gasteiger partial charge in [-0.15, -0.1) is 0 Å². The minimum atomic E-state index is -0.518. The molecule has 13 heavy (non-hydrogen) atoms. The number of nitro groups is 1. The molecule has 66 valence electrons. The number of non-ortho nitro benzene ring substituents is 1. The van der Waals surface area contributed by atoms with Gasteiger partial charge < -0.3 is 10.1 Å². The number of hydrogen-bond acceptors (Lipinski definition) is 3. The molecule has 0 saturated carbocycles. The number of phenolic OH excluding ortho intramolecular Hbond substituents is 1. The molecular formula is C8H6N2O3. The van der Waals surface area contributed by atoms with Gasteiger partial charge in [-0.25, -0.2) is 0 Å². The standard InChI is InChI=1S/C8H6N2O3/c11-5-3-7-6(1-2-9-7)8(4-5)10(12)13/h1-4,9,11H. The van der Waals surface area contributed by atoms with Gasteiger partial charge >= 0.3 is 0 Å². The number of aromatic hydroxyl groups is 1. The van der Waals surface area contributed by atoms with E-state index in [9.17, 15) is 10.1 Å². The Bertz CT molecular complexity index is 475. The maximum absolute atomic E-state index is 10.5. The Morgan fingerprint density at radius 3 is 2.92 bits per heavy atom. The van der Waals surface area contributed by atoms with Crippen LogP contribution < -0.4 is 0 Å². The third-order valence-electron chi connectivity index (χ3n) is 1.83. The van der Waals surface area contributed by atoms with E-state index in [0.29, 0.717) is 10.9 Å². The number of nitrogens with one attached hydrogen (secondary N) is 1. The van der Waals surface area contributed by atoms with Crippen LogP contribution in [0.3, 0.4) is 0 Å². The van der Waals surface area contributed by atoms with Gasteiger partial charge in [0.2, 0.25) is 0 Å². The highest BCUT2D eigenvalue weighted by atomic mass is 16.6. The van der Waals surface area contributed by atoms with Crippen LogP contribution in [0.25, 0.3) is 10.9 Å². The minimum absolute atomic E-state index is 0.0868. The number of aromatic amines is 1. The molecule has 0 bridgehead atoms. The van der Waals surface area contributed by atoms with Crippen molar-refractivity contribution in [2.75, 3.05) is 0 Å². The number of nitro benzene ring substituents is 1. The molecular weight excluding hydrogens is 172 g/mol. The lowest BCUT2D eigenvalue weighted by atomic mass is 10.2. The van der Waals surface area contributed by atoms with Crippen LogP contribution in [0.4, 0.5) is 5.69 Å². The van der Waals surface area contributed by atoms with Crippen molar-refractivity contribution in [3.63, 3.8) is 0 Å². The summed E-state index contributed by atoms with van der Waals surface area (Å²) < 4.78 is 0. The van der Waals surface area contributed by atoms with E-state index in [-0.39, 0.29) is 11.4 Å². The van der Waals surface area contributed by atoms with E-state index in [4.69, 9.17) is 5.11 Å². The zero-order valence-corrected chi connectivity index (χ0v) is 6.52. The predicted octanol–water partition coefficient (Wildman–Crippen LogP) is 1.78. The van der Waals surface area contributed by atoms with Crippen LogP contribution in [0.2, 0.25) is 0 Å². The molecule has 2 N–H and O–H groups in total. The third kappa shape index (κ3) is 1.10. The van der Waals surface area contributed by atoms with E-state index in [2.05, 4.69) is 4.98 Å². The van der Waals surface area contributed by atoms with Crippen molar-refractivity contribution in [2.24, 2.45) is 0 Å². The van der Waals surface area contributed by atoms with Crippen LogP contribution in [-0.2, 0) is 0 Å². The maximum Gasteiger partial charge on any atom is 0.282 e. The normalized spacial score (nSPS) is 10.5. The summed E-state index contributed by atoms with van der Waals surface area (Å²) in [6, 6.07) is 4.19. The van der Waals surface area contributed by atoms with Gasteiger partial charge in [-0.05, 0) is 6.07 Å². The average Bonchev–Trinajstić information content (AvgIpc) is 2.49. The average molecular weight is 178 g/mol. The number of H-pyrrole nitrogens is 1. The summed E-state index contributed by atoms with van der Waals surface area (Å²) in [6.07, 6.45) is 1.59. The van der Waals surface area contributed by atoms with Gasteiger partial charge in [0.25, 0.3) is 5.69 Å². The summed E-state index contributed by atoms with van der Waals surface area (Å²) in [4.78, 5) is 12.8. The van der Waals surface area contributed by atoms with Crippen molar-refractivity contribution in [3.05, 3.63) is 34.5 Å². The number of hydrogen-bond donors (Lipinski definition) is 2. The fourth-order valence-electron chi connectivity index (χ4n) is 1.28. The van der Waals surface area contributed by atoms with Crippen molar-refractivity contribution in [1.29, 1.82) is 0 Å². The highest BCUT2D eigenvalue weighted by Gasteiger charge is 2.13. The van der Waals surface area contributed by atoms with Gasteiger partial charge in [0, 0.05) is 12.3 Å². The molecule has 5 heteroatoms. The molecule has 0 atom stereocenters. The van der Waals surface area contributed by atoms with Gasteiger partial charge in [-0.3, -0.25) is 10.1 Å². The number of aromatic nitrogens is 1. The second-order valence-corrected chi connectivity index (χ2v) is 2.66. The lowest BCUT2D eigenvalue weighted by molar-refractivity contribution is -0.383. The van der Waals surface area contributed by atoms with Crippen molar-refractivity contribution in [3.8, 4) is 5.75 Å². The van der Waals surface area contributed by atoms with Gasteiger partial charge in [0.15, 0.2) is 0 Å². The van der Waals surface area contributed by atoms with Crippen LogP contribution in [0.5, 0.6) is 5.75 Å². The summed E-state index contributed by atoms with van der Waals surface area (Å²) in [6.45, 7) is 0. The molecule has 1 aromatic heterocycles. The number of benzene rings is 1. The van der Waals surface area contributed by atoms with Crippen molar-refractivity contribution in [2.45, 2.75) is 0 Å². The SMILES string of the molecule is O=[N+]([O-])c1cc(O)cc2[nH]ccc12. The fraction of sp³-hybridized carbons (Fsp3) is 0. The molecule has 0 unspecified atom stereocenters. The summed E-state index contributed by atoms with van der Waals surface area (Å²) >= 11 is 0. The molecule has 0 spiro atoms. The van der Waals surface area contributed by atoms with E-state index in [1.807, 2.05) is 0 Å². The van der Waals surface area contributed by atoms with Gasteiger partial charge in [-0.1, -0.05) is 0 Å². The molecule has 0 saturated heterocycles. The molecule has 0 aliphatic heterocycles. The molecule has 2 aromatic rings. The van der Waals surface area contributed by atoms with Gasteiger partial charge in [0.1, 0.15) is 5.75 Å². The lowest BCUT2D eigenvalue weighted by Crippen LogP contribution is -1.87. The van der Waals surface area contributed by atoms with Gasteiger partial charge in [-0.2, -0.15) is 0 Å². The molecule has 0 amide bonds. The second-order valence-electron chi connectivity index (χ2n) is 2.66. The van der Waals surface area contributed by atoms with Crippen LogP contribution in [0.1, 0.15) is 0 Å². The van der Waals surface area contributed by atoms with E-state index < -0.39 is 4.92 Å². The number of nitrogens with zero attached hydrogens (tertiary/aromatic N) is 1. The molecule has 0 fully saturated rings. The van der Waals surface area contributed by atoms with Crippen molar-refractivity contribution >= 4 is 16.6 Å². The molecule has 0 aliphatic rings. The molecule has 2 rings (SSSR count). The summed E-state index contributed by atoms with van der Waals surface area (Å²) in [7, 11) is 0. The Kier molecular flexibility index (Phi) is 1.45. The predicted molar refractivity (Wildman–Crippen MR) is 46.6 cm³/mol. The fourth-order valence-corrected chi connectivity index (χ4v) is 1.28. The topological polar surface area (TPSA) is 79.2 Å². The number of fused-ring (bicyclic) bond motifs is 1. The zero-order valence-electron chi connectivity index (χ0n) is 6.52. The Balaban J connectivity index is 2.84. The second kappa shape index (κ2) is 2.48.